The standard InChI is InChI=1S/C13H14O2S/c1-10-7-8-15-13(14)9-12(10)16-11-5-3-2-4-6-11/h2-6H,7-9H2,1H3. The Balaban J connectivity index is 2.15. The summed E-state index contributed by atoms with van der Waals surface area (Å²) in [6, 6.07) is 10.1. The smallest absolute Gasteiger partial charge is 0.310 e. The number of rotatable bonds is 2. The zero-order valence-corrected chi connectivity index (χ0v) is 10.0. The molecule has 1 aliphatic rings. The largest absolute Gasteiger partial charge is 0.465 e. The van der Waals surface area contributed by atoms with E-state index >= 15 is 0 Å². The number of ether oxygens (including phenoxy) is 1. The molecule has 0 unspecified atom stereocenters. The minimum Gasteiger partial charge on any atom is -0.465 e. The number of thioether (sulfide) groups is 1. The van der Waals surface area contributed by atoms with E-state index in [9.17, 15) is 4.79 Å². The fourth-order valence-corrected chi connectivity index (χ4v) is 2.59. The van der Waals surface area contributed by atoms with Crippen molar-refractivity contribution in [2.24, 2.45) is 0 Å². The van der Waals surface area contributed by atoms with E-state index in [4.69, 9.17) is 4.74 Å². The fraction of sp³-hybridized carbons (Fsp3) is 0.308. The van der Waals surface area contributed by atoms with E-state index < -0.39 is 0 Å². The highest BCUT2D eigenvalue weighted by Gasteiger charge is 2.15. The molecule has 2 rings (SSSR count). The number of carbonyl (C=O) groups is 1. The predicted octanol–water partition coefficient (Wildman–Crippen LogP) is 3.39. The van der Waals surface area contributed by atoms with Crippen molar-refractivity contribution in [3.05, 3.63) is 40.8 Å². The Kier molecular flexibility index (Phi) is 3.67. The highest BCUT2D eigenvalue weighted by molar-refractivity contribution is 8.03. The number of benzene rings is 1. The number of carbonyl (C=O) groups excluding carboxylic acids is 1. The van der Waals surface area contributed by atoms with Crippen molar-refractivity contribution >= 4 is 17.7 Å². The normalized spacial score (nSPS) is 16.9. The molecular weight excluding hydrogens is 220 g/mol. The molecule has 1 aliphatic heterocycles. The second-order valence-electron chi connectivity index (χ2n) is 3.77. The van der Waals surface area contributed by atoms with E-state index in [-0.39, 0.29) is 5.97 Å². The van der Waals surface area contributed by atoms with Crippen molar-refractivity contribution in [3.8, 4) is 0 Å². The molecule has 1 aromatic carbocycles. The summed E-state index contributed by atoms with van der Waals surface area (Å²) in [5.41, 5.74) is 1.26. The number of esters is 1. The first-order valence-corrected chi connectivity index (χ1v) is 6.14. The summed E-state index contributed by atoms with van der Waals surface area (Å²) in [6.07, 6.45) is 1.26. The van der Waals surface area contributed by atoms with Crippen LogP contribution < -0.4 is 0 Å². The third-order valence-corrected chi connectivity index (χ3v) is 3.75. The number of cyclic esters (lactones) is 1. The van der Waals surface area contributed by atoms with Crippen molar-refractivity contribution in [2.75, 3.05) is 6.61 Å². The molecule has 0 N–H and O–H groups in total. The Hall–Kier alpha value is -1.22. The third-order valence-electron chi connectivity index (χ3n) is 2.51. The Bertz CT molecular complexity index is 409. The summed E-state index contributed by atoms with van der Waals surface area (Å²) >= 11 is 1.67. The van der Waals surface area contributed by atoms with Gasteiger partial charge in [0.1, 0.15) is 0 Å². The minimum atomic E-state index is -0.115. The van der Waals surface area contributed by atoms with Crippen molar-refractivity contribution in [1.29, 1.82) is 0 Å². The maximum Gasteiger partial charge on any atom is 0.310 e. The van der Waals surface area contributed by atoms with E-state index in [0.717, 1.165) is 11.3 Å². The summed E-state index contributed by atoms with van der Waals surface area (Å²) in [6.45, 7) is 2.59. The van der Waals surface area contributed by atoms with Crippen LogP contribution in [0.1, 0.15) is 19.8 Å². The summed E-state index contributed by atoms with van der Waals surface area (Å²) < 4.78 is 5.05. The van der Waals surface area contributed by atoms with Crippen LogP contribution in [0.5, 0.6) is 0 Å². The van der Waals surface area contributed by atoms with Gasteiger partial charge in [0.2, 0.25) is 0 Å². The molecule has 16 heavy (non-hydrogen) atoms. The van der Waals surface area contributed by atoms with Crippen LogP contribution in [-0.2, 0) is 9.53 Å². The van der Waals surface area contributed by atoms with Gasteiger partial charge in [-0.3, -0.25) is 4.79 Å². The molecule has 0 radical (unpaired) electrons. The van der Waals surface area contributed by atoms with Crippen LogP contribution in [0.25, 0.3) is 0 Å². The van der Waals surface area contributed by atoms with Gasteiger partial charge >= 0.3 is 5.97 Å². The van der Waals surface area contributed by atoms with Gasteiger partial charge in [-0.1, -0.05) is 35.5 Å². The Morgan fingerprint density at radius 2 is 2.00 bits per heavy atom. The molecule has 0 amide bonds. The number of hydrogen-bond acceptors (Lipinski definition) is 3. The monoisotopic (exact) mass is 234 g/mol. The predicted molar refractivity (Wildman–Crippen MR) is 65.2 cm³/mol. The molecule has 0 atom stereocenters. The van der Waals surface area contributed by atoms with Crippen LogP contribution in [0, 0.1) is 0 Å². The van der Waals surface area contributed by atoms with E-state index in [1.165, 1.54) is 10.5 Å². The van der Waals surface area contributed by atoms with Crippen molar-refractivity contribution in [3.63, 3.8) is 0 Å². The van der Waals surface area contributed by atoms with Crippen LogP contribution >= 0.6 is 11.8 Å². The molecule has 0 saturated heterocycles. The molecule has 84 valence electrons. The number of hydrogen-bond donors (Lipinski definition) is 0. The van der Waals surface area contributed by atoms with E-state index in [0.29, 0.717) is 13.0 Å². The van der Waals surface area contributed by atoms with Crippen LogP contribution in [0.3, 0.4) is 0 Å². The van der Waals surface area contributed by atoms with Gasteiger partial charge < -0.3 is 4.74 Å². The Morgan fingerprint density at radius 3 is 2.75 bits per heavy atom. The van der Waals surface area contributed by atoms with Gasteiger partial charge in [-0.05, 0) is 24.0 Å². The highest BCUT2D eigenvalue weighted by atomic mass is 32.2. The lowest BCUT2D eigenvalue weighted by Gasteiger charge is -2.06. The first kappa shape index (κ1) is 11.3. The van der Waals surface area contributed by atoms with Gasteiger partial charge in [-0.2, -0.15) is 0 Å². The second-order valence-corrected chi connectivity index (χ2v) is 4.93. The quantitative estimate of drug-likeness (QED) is 0.734. The Morgan fingerprint density at radius 1 is 1.25 bits per heavy atom. The average Bonchev–Trinajstić information content (AvgIpc) is 2.43. The molecule has 0 aromatic heterocycles. The van der Waals surface area contributed by atoms with Crippen molar-refractivity contribution in [1.82, 2.24) is 0 Å². The highest BCUT2D eigenvalue weighted by Crippen LogP contribution is 2.33. The van der Waals surface area contributed by atoms with Crippen molar-refractivity contribution < 1.29 is 9.53 Å². The fourth-order valence-electron chi connectivity index (χ4n) is 1.54. The Labute approximate surface area is 99.7 Å². The van der Waals surface area contributed by atoms with Gasteiger partial charge in [0.15, 0.2) is 0 Å². The van der Waals surface area contributed by atoms with Crippen LogP contribution in [0.2, 0.25) is 0 Å². The van der Waals surface area contributed by atoms with Gasteiger partial charge in [0.25, 0.3) is 0 Å². The van der Waals surface area contributed by atoms with Crippen LogP contribution in [-0.4, -0.2) is 12.6 Å². The lowest BCUT2D eigenvalue weighted by Crippen LogP contribution is -2.02. The topological polar surface area (TPSA) is 26.3 Å². The SMILES string of the molecule is CC1=C(Sc2ccccc2)CC(=O)OCC1. The molecule has 1 heterocycles. The lowest BCUT2D eigenvalue weighted by atomic mass is 10.2. The molecule has 0 bridgehead atoms. The summed E-state index contributed by atoms with van der Waals surface area (Å²) in [7, 11) is 0. The zero-order chi connectivity index (χ0) is 11.4. The maximum absolute atomic E-state index is 11.4. The summed E-state index contributed by atoms with van der Waals surface area (Å²) in [5, 5.41) is 0. The lowest BCUT2D eigenvalue weighted by molar-refractivity contribution is -0.142. The molecule has 1 aromatic rings. The molecule has 2 nitrogen and oxygen atoms in total. The molecule has 0 fully saturated rings. The van der Waals surface area contributed by atoms with Gasteiger partial charge in [0.05, 0.1) is 13.0 Å². The second kappa shape index (κ2) is 5.21. The molecular formula is C13H14O2S. The molecule has 3 heteroatoms. The summed E-state index contributed by atoms with van der Waals surface area (Å²) in [5.74, 6) is -0.115. The third kappa shape index (κ3) is 2.89. The average molecular weight is 234 g/mol. The van der Waals surface area contributed by atoms with Crippen LogP contribution in [0.4, 0.5) is 0 Å². The minimum absolute atomic E-state index is 0.115. The van der Waals surface area contributed by atoms with Gasteiger partial charge in [-0.15, -0.1) is 0 Å². The van der Waals surface area contributed by atoms with E-state index in [2.05, 4.69) is 19.1 Å². The van der Waals surface area contributed by atoms with Gasteiger partial charge in [-0.25, -0.2) is 0 Å². The van der Waals surface area contributed by atoms with E-state index in [1.54, 1.807) is 11.8 Å². The van der Waals surface area contributed by atoms with Crippen molar-refractivity contribution in [2.45, 2.75) is 24.7 Å². The first-order valence-electron chi connectivity index (χ1n) is 5.33. The summed E-state index contributed by atoms with van der Waals surface area (Å²) in [4.78, 5) is 13.7. The molecule has 0 spiro atoms. The molecule has 0 aliphatic carbocycles. The maximum atomic E-state index is 11.4. The molecule has 0 saturated carbocycles. The zero-order valence-electron chi connectivity index (χ0n) is 9.23. The van der Waals surface area contributed by atoms with E-state index in [1.807, 2.05) is 18.2 Å². The van der Waals surface area contributed by atoms with Crippen LogP contribution in [0.15, 0.2) is 45.7 Å². The van der Waals surface area contributed by atoms with Gasteiger partial charge in [0, 0.05) is 11.3 Å². The first-order chi connectivity index (χ1) is 7.75.